The van der Waals surface area contributed by atoms with Crippen LogP contribution in [0.1, 0.15) is 46.4 Å². The van der Waals surface area contributed by atoms with Crippen LogP contribution in [0.15, 0.2) is 18.2 Å². The number of aryl methyl sites for hydroxylation is 3. The predicted octanol–water partition coefficient (Wildman–Crippen LogP) is 4.88. The highest BCUT2D eigenvalue weighted by Gasteiger charge is 2.22. The minimum Gasteiger partial charge on any atom is -0.497 e. The fraction of sp³-hybridized carbons (Fsp3) is 0.350. The number of hydrogen-bond donors (Lipinski definition) is 0. The predicted molar refractivity (Wildman–Crippen MR) is 102 cm³/mol. The Morgan fingerprint density at radius 2 is 2.00 bits per heavy atom. The molecule has 1 aromatic carbocycles. The first-order chi connectivity index (χ1) is 12.6. The number of fused-ring (bicyclic) bond motifs is 3. The van der Waals surface area contributed by atoms with Gasteiger partial charge in [0.1, 0.15) is 22.2 Å². The summed E-state index contributed by atoms with van der Waals surface area (Å²) >= 11 is 1.73. The molecule has 0 saturated carbocycles. The number of Topliss-reactive ketones (excluding diaryl/α,β-unsaturated/α-hetero) is 1. The molecule has 0 bridgehead atoms. The maximum Gasteiger partial charge on any atom is 0.231 e. The van der Waals surface area contributed by atoms with Crippen LogP contribution in [-0.4, -0.2) is 22.9 Å². The lowest BCUT2D eigenvalue weighted by Crippen LogP contribution is -2.02. The van der Waals surface area contributed by atoms with Crippen molar-refractivity contribution in [3.8, 4) is 17.4 Å². The second-order valence-corrected chi connectivity index (χ2v) is 7.57. The van der Waals surface area contributed by atoms with Crippen molar-refractivity contribution in [3.63, 3.8) is 0 Å². The van der Waals surface area contributed by atoms with E-state index in [9.17, 15) is 4.79 Å². The molecule has 0 N–H and O–H groups in total. The van der Waals surface area contributed by atoms with Crippen LogP contribution in [0, 0.1) is 6.92 Å². The summed E-state index contributed by atoms with van der Waals surface area (Å²) in [4.78, 5) is 23.5. The highest BCUT2D eigenvalue weighted by atomic mass is 32.1. The number of nitrogens with zero attached hydrogens (tertiary/aromatic N) is 2. The summed E-state index contributed by atoms with van der Waals surface area (Å²) in [5, 5.41) is 0.993. The van der Waals surface area contributed by atoms with E-state index in [2.05, 4.69) is 9.97 Å². The van der Waals surface area contributed by atoms with Gasteiger partial charge in [-0.25, -0.2) is 4.98 Å². The lowest BCUT2D eigenvalue weighted by molar-refractivity contribution is 0.101. The quantitative estimate of drug-likeness (QED) is 0.614. The zero-order chi connectivity index (χ0) is 18.3. The second-order valence-electron chi connectivity index (χ2n) is 6.49. The van der Waals surface area contributed by atoms with Crippen molar-refractivity contribution in [1.82, 2.24) is 9.97 Å². The Bertz CT molecular complexity index is 1010. The van der Waals surface area contributed by atoms with Gasteiger partial charge in [-0.1, -0.05) is 0 Å². The summed E-state index contributed by atoms with van der Waals surface area (Å²) in [6.45, 7) is 3.39. The van der Waals surface area contributed by atoms with Crippen LogP contribution in [0.5, 0.6) is 17.4 Å². The van der Waals surface area contributed by atoms with Crippen LogP contribution >= 0.6 is 11.3 Å². The molecule has 0 saturated heterocycles. The summed E-state index contributed by atoms with van der Waals surface area (Å²) in [5.74, 6) is 2.24. The summed E-state index contributed by atoms with van der Waals surface area (Å²) in [6.07, 6.45) is 4.50. The number of ketones is 1. The lowest BCUT2D eigenvalue weighted by atomic mass is 9.97. The summed E-state index contributed by atoms with van der Waals surface area (Å²) in [5.41, 5.74) is 1.82. The Balaban J connectivity index is 1.88. The molecule has 0 atom stereocenters. The fourth-order valence-electron chi connectivity index (χ4n) is 3.41. The maximum absolute atomic E-state index is 12.0. The Morgan fingerprint density at radius 1 is 1.19 bits per heavy atom. The monoisotopic (exact) mass is 368 g/mol. The highest BCUT2D eigenvalue weighted by molar-refractivity contribution is 7.18. The Kier molecular flexibility index (Phi) is 4.36. The molecular weight excluding hydrogens is 348 g/mol. The fourth-order valence-corrected chi connectivity index (χ4v) is 4.71. The minimum absolute atomic E-state index is 0.0583. The van der Waals surface area contributed by atoms with Gasteiger partial charge >= 0.3 is 0 Å². The number of methoxy groups -OCH3 is 1. The third-order valence-electron chi connectivity index (χ3n) is 4.67. The Labute approximate surface area is 156 Å². The third kappa shape index (κ3) is 2.94. The molecule has 0 radical (unpaired) electrons. The molecule has 2 aromatic heterocycles. The molecule has 0 unspecified atom stereocenters. The number of benzene rings is 1. The first-order valence-corrected chi connectivity index (χ1v) is 9.54. The normalized spacial score (nSPS) is 13.5. The van der Waals surface area contributed by atoms with Crippen molar-refractivity contribution < 1.29 is 14.3 Å². The zero-order valence-corrected chi connectivity index (χ0v) is 15.9. The van der Waals surface area contributed by atoms with Crippen LogP contribution in [0.25, 0.3) is 10.2 Å². The SMILES string of the molecule is COc1ccc(C(C)=O)c(Oc2nc(C)nc3sc4c(c23)CCCC4)c1. The summed E-state index contributed by atoms with van der Waals surface area (Å²) < 4.78 is 11.5. The lowest BCUT2D eigenvalue weighted by Gasteiger charge is -2.14. The van der Waals surface area contributed by atoms with E-state index >= 15 is 0 Å². The van der Waals surface area contributed by atoms with Gasteiger partial charge in [0.2, 0.25) is 5.88 Å². The minimum atomic E-state index is -0.0583. The van der Waals surface area contributed by atoms with Gasteiger partial charge in [0.15, 0.2) is 5.78 Å². The van der Waals surface area contributed by atoms with Crippen molar-refractivity contribution in [1.29, 1.82) is 0 Å². The van der Waals surface area contributed by atoms with E-state index in [1.54, 1.807) is 36.6 Å². The molecule has 1 aliphatic carbocycles. The van der Waals surface area contributed by atoms with Crippen molar-refractivity contribution in [2.75, 3.05) is 7.11 Å². The Hall–Kier alpha value is -2.47. The number of ether oxygens (including phenoxy) is 2. The van der Waals surface area contributed by atoms with E-state index in [0.29, 0.717) is 28.8 Å². The molecule has 134 valence electrons. The van der Waals surface area contributed by atoms with E-state index in [4.69, 9.17) is 9.47 Å². The van der Waals surface area contributed by atoms with E-state index in [0.717, 1.165) is 23.1 Å². The molecule has 3 aromatic rings. The third-order valence-corrected chi connectivity index (χ3v) is 5.85. The van der Waals surface area contributed by atoms with Gasteiger partial charge in [-0.15, -0.1) is 11.3 Å². The van der Waals surface area contributed by atoms with E-state index in [1.807, 2.05) is 6.92 Å². The van der Waals surface area contributed by atoms with Gasteiger partial charge in [0, 0.05) is 10.9 Å². The largest absolute Gasteiger partial charge is 0.497 e. The van der Waals surface area contributed by atoms with E-state index in [-0.39, 0.29) is 5.78 Å². The van der Waals surface area contributed by atoms with Gasteiger partial charge < -0.3 is 9.47 Å². The van der Waals surface area contributed by atoms with Crippen molar-refractivity contribution >= 4 is 27.3 Å². The molecular formula is C20H20N2O3S. The van der Waals surface area contributed by atoms with Crippen LogP contribution < -0.4 is 9.47 Å². The number of rotatable bonds is 4. The topological polar surface area (TPSA) is 61.3 Å². The average molecular weight is 368 g/mol. The molecule has 2 heterocycles. The number of thiophene rings is 1. The zero-order valence-electron chi connectivity index (χ0n) is 15.1. The summed E-state index contributed by atoms with van der Waals surface area (Å²) in [6, 6.07) is 5.22. The number of carbonyl (C=O) groups is 1. The second kappa shape index (κ2) is 6.68. The molecule has 0 fully saturated rings. The summed E-state index contributed by atoms with van der Waals surface area (Å²) in [7, 11) is 1.59. The molecule has 1 aliphatic rings. The van der Waals surface area contributed by atoms with Gasteiger partial charge in [0.05, 0.1) is 18.1 Å². The van der Waals surface area contributed by atoms with Gasteiger partial charge in [0.25, 0.3) is 0 Å². The van der Waals surface area contributed by atoms with Crippen LogP contribution in [0.3, 0.4) is 0 Å². The van der Waals surface area contributed by atoms with E-state index in [1.165, 1.54) is 30.2 Å². The molecule has 5 nitrogen and oxygen atoms in total. The molecule has 0 aliphatic heterocycles. The first kappa shape index (κ1) is 17.0. The highest BCUT2D eigenvalue weighted by Crippen LogP contribution is 2.41. The average Bonchev–Trinajstić information content (AvgIpc) is 2.99. The van der Waals surface area contributed by atoms with Crippen molar-refractivity contribution in [3.05, 3.63) is 40.0 Å². The standard InChI is InChI=1S/C20H20N2O3S/c1-11(23)14-9-8-13(24-3)10-16(14)25-19-18-15-6-4-5-7-17(15)26-20(18)22-12(2)21-19/h8-10H,4-7H2,1-3H3. The smallest absolute Gasteiger partial charge is 0.231 e. The van der Waals surface area contributed by atoms with Crippen LogP contribution in [0.4, 0.5) is 0 Å². The van der Waals surface area contributed by atoms with Gasteiger partial charge in [-0.3, -0.25) is 4.79 Å². The molecule has 0 amide bonds. The van der Waals surface area contributed by atoms with Gasteiger partial charge in [-0.2, -0.15) is 4.98 Å². The number of aromatic nitrogens is 2. The van der Waals surface area contributed by atoms with Crippen molar-refractivity contribution in [2.24, 2.45) is 0 Å². The number of hydrogen-bond acceptors (Lipinski definition) is 6. The Morgan fingerprint density at radius 3 is 2.77 bits per heavy atom. The van der Waals surface area contributed by atoms with Gasteiger partial charge in [-0.05, 0) is 57.2 Å². The molecule has 0 spiro atoms. The van der Waals surface area contributed by atoms with Crippen LogP contribution in [-0.2, 0) is 12.8 Å². The van der Waals surface area contributed by atoms with Crippen molar-refractivity contribution in [2.45, 2.75) is 39.5 Å². The number of carbonyl (C=O) groups excluding carboxylic acids is 1. The molecule has 26 heavy (non-hydrogen) atoms. The maximum atomic E-state index is 12.0. The molecule has 4 rings (SSSR count). The first-order valence-electron chi connectivity index (χ1n) is 8.72. The van der Waals surface area contributed by atoms with Crippen LogP contribution in [0.2, 0.25) is 0 Å². The molecule has 6 heteroatoms. The van der Waals surface area contributed by atoms with E-state index < -0.39 is 0 Å².